The molecule has 0 aliphatic heterocycles. The molecule has 29 heavy (non-hydrogen) atoms. The summed E-state index contributed by atoms with van der Waals surface area (Å²) in [5.41, 5.74) is 1.66. The van der Waals surface area contributed by atoms with E-state index in [-0.39, 0.29) is 17.7 Å². The Hall–Kier alpha value is -3.55. The van der Waals surface area contributed by atoms with E-state index in [1.165, 1.54) is 6.20 Å². The van der Waals surface area contributed by atoms with Gasteiger partial charge < -0.3 is 15.2 Å². The Morgan fingerprint density at radius 1 is 1.10 bits per heavy atom. The number of carbonyl (C=O) groups excluding carboxylic acids is 2. The minimum Gasteiger partial charge on any atom is -0.339 e. The molecule has 8 heteroatoms. The number of nitrogens with zero attached hydrogens (tertiary/aromatic N) is 3. The van der Waals surface area contributed by atoms with E-state index in [1.807, 2.05) is 13.8 Å². The summed E-state index contributed by atoms with van der Waals surface area (Å²) in [6.07, 6.45) is 4.58. The van der Waals surface area contributed by atoms with Crippen LogP contribution in [0.5, 0.6) is 0 Å². The number of aryl methyl sites for hydroxylation is 1. The first-order valence-electron chi connectivity index (χ1n) is 9.45. The summed E-state index contributed by atoms with van der Waals surface area (Å²) in [5, 5.41) is 9.54. The Labute approximate surface area is 168 Å². The number of pyridine rings is 1. The Morgan fingerprint density at radius 2 is 1.90 bits per heavy atom. The summed E-state index contributed by atoms with van der Waals surface area (Å²) >= 11 is 0. The molecular weight excluding hydrogens is 370 g/mol. The number of benzene rings is 1. The third-order valence-electron chi connectivity index (χ3n) is 4.12. The van der Waals surface area contributed by atoms with E-state index in [1.54, 1.807) is 42.6 Å². The Kier molecular flexibility index (Phi) is 6.67. The van der Waals surface area contributed by atoms with Crippen LogP contribution in [-0.4, -0.2) is 26.9 Å². The van der Waals surface area contributed by atoms with Crippen LogP contribution in [0.1, 0.15) is 54.7 Å². The predicted octanol–water partition coefficient (Wildman–Crippen LogP) is 3.80. The van der Waals surface area contributed by atoms with Gasteiger partial charge in [0, 0.05) is 42.5 Å². The van der Waals surface area contributed by atoms with Gasteiger partial charge in [0.1, 0.15) is 0 Å². The van der Waals surface area contributed by atoms with Gasteiger partial charge in [-0.3, -0.25) is 14.6 Å². The maximum Gasteiger partial charge on any atom is 0.257 e. The van der Waals surface area contributed by atoms with Crippen LogP contribution < -0.4 is 10.6 Å². The van der Waals surface area contributed by atoms with Crippen LogP contribution in [0.25, 0.3) is 0 Å². The van der Waals surface area contributed by atoms with E-state index in [9.17, 15) is 9.59 Å². The van der Waals surface area contributed by atoms with Crippen molar-refractivity contribution in [3.63, 3.8) is 0 Å². The molecule has 0 saturated heterocycles. The fourth-order valence-electron chi connectivity index (χ4n) is 2.60. The first-order chi connectivity index (χ1) is 14.0. The van der Waals surface area contributed by atoms with Gasteiger partial charge in [0.25, 0.3) is 5.91 Å². The molecule has 0 aliphatic carbocycles. The second-order valence-corrected chi connectivity index (χ2v) is 6.88. The molecule has 0 radical (unpaired) electrons. The van der Waals surface area contributed by atoms with Gasteiger partial charge in [-0.2, -0.15) is 4.98 Å². The Morgan fingerprint density at radius 3 is 2.59 bits per heavy atom. The summed E-state index contributed by atoms with van der Waals surface area (Å²) in [6.45, 7) is 3.99. The molecule has 2 heterocycles. The van der Waals surface area contributed by atoms with Crippen molar-refractivity contribution in [2.24, 2.45) is 0 Å². The van der Waals surface area contributed by atoms with Gasteiger partial charge in [-0.15, -0.1) is 0 Å². The molecule has 3 aromatic rings. The van der Waals surface area contributed by atoms with Crippen molar-refractivity contribution in [1.29, 1.82) is 0 Å². The summed E-state index contributed by atoms with van der Waals surface area (Å²) in [4.78, 5) is 32.6. The summed E-state index contributed by atoms with van der Waals surface area (Å²) in [7, 11) is 0. The van der Waals surface area contributed by atoms with E-state index >= 15 is 0 Å². The van der Waals surface area contributed by atoms with Crippen LogP contribution in [0.3, 0.4) is 0 Å². The average molecular weight is 393 g/mol. The number of nitrogens with one attached hydrogen (secondary N) is 2. The maximum atomic E-state index is 12.2. The molecule has 0 unspecified atom stereocenters. The number of hydrogen-bond acceptors (Lipinski definition) is 6. The lowest BCUT2D eigenvalue weighted by Crippen LogP contribution is -2.14. The lowest BCUT2D eigenvalue weighted by atomic mass is 10.2. The third-order valence-corrected chi connectivity index (χ3v) is 4.12. The largest absolute Gasteiger partial charge is 0.339 e. The molecule has 0 spiro atoms. The fourth-order valence-corrected chi connectivity index (χ4v) is 2.60. The average Bonchev–Trinajstić information content (AvgIpc) is 3.18. The molecule has 0 atom stereocenters. The monoisotopic (exact) mass is 393 g/mol. The molecule has 0 saturated carbocycles. The molecule has 3 rings (SSSR count). The van der Waals surface area contributed by atoms with Crippen molar-refractivity contribution in [3.05, 3.63) is 66.1 Å². The first-order valence-corrected chi connectivity index (χ1v) is 9.45. The zero-order valence-corrected chi connectivity index (χ0v) is 16.4. The molecule has 0 fully saturated rings. The highest BCUT2D eigenvalue weighted by molar-refractivity contribution is 6.04. The van der Waals surface area contributed by atoms with Crippen molar-refractivity contribution in [1.82, 2.24) is 15.1 Å². The van der Waals surface area contributed by atoms with E-state index in [4.69, 9.17) is 4.52 Å². The van der Waals surface area contributed by atoms with Crippen LogP contribution in [0.15, 0.2) is 53.3 Å². The van der Waals surface area contributed by atoms with Crippen LogP contribution in [-0.2, 0) is 11.2 Å². The lowest BCUT2D eigenvalue weighted by molar-refractivity contribution is -0.116. The smallest absolute Gasteiger partial charge is 0.257 e. The zero-order valence-electron chi connectivity index (χ0n) is 16.4. The van der Waals surface area contributed by atoms with Gasteiger partial charge >= 0.3 is 0 Å². The normalized spacial score (nSPS) is 10.7. The predicted molar refractivity (Wildman–Crippen MR) is 109 cm³/mol. The minimum atomic E-state index is -0.262. The second-order valence-electron chi connectivity index (χ2n) is 6.88. The zero-order chi connectivity index (χ0) is 20.6. The summed E-state index contributed by atoms with van der Waals surface area (Å²) in [5.74, 6) is 1.05. The van der Waals surface area contributed by atoms with Crippen molar-refractivity contribution < 1.29 is 14.1 Å². The van der Waals surface area contributed by atoms with Crippen molar-refractivity contribution in [3.8, 4) is 0 Å². The van der Waals surface area contributed by atoms with Gasteiger partial charge in [0.15, 0.2) is 5.82 Å². The van der Waals surface area contributed by atoms with Crippen LogP contribution in [0, 0.1) is 0 Å². The highest BCUT2D eigenvalue weighted by Gasteiger charge is 2.11. The Bertz CT molecular complexity index is 969. The van der Waals surface area contributed by atoms with E-state index in [2.05, 4.69) is 25.8 Å². The van der Waals surface area contributed by atoms with Gasteiger partial charge in [-0.05, 0) is 36.8 Å². The number of rotatable bonds is 8. The molecule has 8 nitrogen and oxygen atoms in total. The van der Waals surface area contributed by atoms with Crippen LogP contribution >= 0.6 is 0 Å². The molecule has 2 aromatic heterocycles. The topological polar surface area (TPSA) is 110 Å². The van der Waals surface area contributed by atoms with E-state index in [0.717, 1.165) is 0 Å². The number of carbonyl (C=O) groups is 2. The van der Waals surface area contributed by atoms with Crippen molar-refractivity contribution in [2.75, 3.05) is 10.6 Å². The summed E-state index contributed by atoms with van der Waals surface area (Å²) in [6, 6.07) is 10.4. The molecule has 150 valence electrons. The number of anilines is 2. The molecule has 0 aliphatic rings. The first kappa shape index (κ1) is 20.2. The van der Waals surface area contributed by atoms with E-state index in [0.29, 0.717) is 47.9 Å². The fraction of sp³-hybridized carbons (Fsp3) is 0.286. The SMILES string of the molecule is CC(C)c1noc(CCCC(=O)Nc2cccc(NC(=O)c3cccnc3)c2)n1. The second kappa shape index (κ2) is 9.59. The molecule has 2 amide bonds. The highest BCUT2D eigenvalue weighted by atomic mass is 16.5. The third kappa shape index (κ3) is 5.97. The van der Waals surface area contributed by atoms with Gasteiger partial charge in [0.05, 0.1) is 5.56 Å². The van der Waals surface area contributed by atoms with Crippen LogP contribution in [0.2, 0.25) is 0 Å². The van der Waals surface area contributed by atoms with Crippen molar-refractivity contribution >= 4 is 23.2 Å². The van der Waals surface area contributed by atoms with Crippen molar-refractivity contribution in [2.45, 2.75) is 39.0 Å². The number of amides is 2. The van der Waals surface area contributed by atoms with Crippen LogP contribution in [0.4, 0.5) is 11.4 Å². The molecule has 2 N–H and O–H groups in total. The van der Waals surface area contributed by atoms with Gasteiger partial charge in [0.2, 0.25) is 11.8 Å². The summed E-state index contributed by atoms with van der Waals surface area (Å²) < 4.78 is 5.18. The maximum absolute atomic E-state index is 12.2. The molecular formula is C21H23N5O3. The highest BCUT2D eigenvalue weighted by Crippen LogP contribution is 2.17. The standard InChI is InChI=1S/C21H23N5O3/c1-14(2)20-25-19(29-26-20)10-4-9-18(27)23-16-7-3-8-17(12-16)24-21(28)15-6-5-11-22-13-15/h3,5-8,11-14H,4,9-10H2,1-2H3,(H,23,27)(H,24,28). The Balaban J connectivity index is 1.48. The van der Waals surface area contributed by atoms with Gasteiger partial charge in [-0.25, -0.2) is 0 Å². The van der Waals surface area contributed by atoms with Gasteiger partial charge in [-0.1, -0.05) is 25.1 Å². The quantitative estimate of drug-likeness (QED) is 0.602. The number of aromatic nitrogens is 3. The van der Waals surface area contributed by atoms with E-state index < -0.39 is 0 Å². The lowest BCUT2D eigenvalue weighted by Gasteiger charge is -2.09. The molecule has 1 aromatic carbocycles. The minimum absolute atomic E-state index is 0.121. The molecule has 0 bridgehead atoms. The number of hydrogen-bond donors (Lipinski definition) is 2.